The highest BCUT2D eigenvalue weighted by molar-refractivity contribution is 14.1. The van der Waals surface area contributed by atoms with E-state index in [9.17, 15) is 4.79 Å². The Hall–Kier alpha value is -0.400. The molecule has 0 radical (unpaired) electrons. The number of hydrogen-bond donors (Lipinski definition) is 0. The summed E-state index contributed by atoms with van der Waals surface area (Å²) in [7, 11) is 0. The number of hydrogen-bond acceptors (Lipinski definition) is 2. The van der Waals surface area contributed by atoms with E-state index in [1.165, 1.54) is 0 Å². The lowest BCUT2D eigenvalue weighted by molar-refractivity contribution is 0.102. The summed E-state index contributed by atoms with van der Waals surface area (Å²) in [6.07, 6.45) is 2.57. The van der Waals surface area contributed by atoms with Crippen LogP contribution in [0.3, 0.4) is 0 Å². The van der Waals surface area contributed by atoms with Crippen LogP contribution in [-0.2, 0) is 6.54 Å². The van der Waals surface area contributed by atoms with E-state index in [2.05, 4.69) is 43.6 Å². The molecule has 1 heterocycles. The molecule has 1 aromatic heterocycles. The maximum Gasteiger partial charge on any atom is 0.213 e. The van der Waals surface area contributed by atoms with Gasteiger partial charge in [-0.1, -0.05) is 18.5 Å². The average Bonchev–Trinajstić information content (AvgIpc) is 2.73. The van der Waals surface area contributed by atoms with Gasteiger partial charge in [-0.05, 0) is 63.1 Å². The van der Waals surface area contributed by atoms with Crippen molar-refractivity contribution in [2.45, 2.75) is 19.9 Å². The molecule has 0 aliphatic carbocycles. The molecule has 0 saturated heterocycles. The normalized spacial score (nSPS) is 10.7. The molecule has 0 amide bonds. The first kappa shape index (κ1) is 15.0. The van der Waals surface area contributed by atoms with E-state index in [0.717, 1.165) is 9.99 Å². The summed E-state index contributed by atoms with van der Waals surface area (Å²) in [6.45, 7) is 2.76. The standard InChI is InChI=1S/C13H11BrClIN2O/c1-2-5-18-12(10(14)7-17-18)13(19)9-6-8(15)3-4-11(9)16/h3-4,6-7H,2,5H2,1H3. The largest absolute Gasteiger partial charge is 0.287 e. The Balaban J connectivity index is 2.49. The highest BCUT2D eigenvalue weighted by Crippen LogP contribution is 2.25. The van der Waals surface area contributed by atoms with Gasteiger partial charge in [0.1, 0.15) is 5.69 Å². The van der Waals surface area contributed by atoms with Crippen LogP contribution in [0.1, 0.15) is 29.4 Å². The topological polar surface area (TPSA) is 34.9 Å². The van der Waals surface area contributed by atoms with Gasteiger partial charge in [-0.3, -0.25) is 9.48 Å². The quantitative estimate of drug-likeness (QED) is 0.503. The smallest absolute Gasteiger partial charge is 0.213 e. The Morgan fingerprint density at radius 3 is 2.95 bits per heavy atom. The molecular weight excluding hydrogens is 442 g/mol. The van der Waals surface area contributed by atoms with Crippen LogP contribution < -0.4 is 0 Å². The number of benzene rings is 1. The summed E-state index contributed by atoms with van der Waals surface area (Å²) in [6, 6.07) is 5.31. The molecule has 0 saturated carbocycles. The average molecular weight is 454 g/mol. The maximum absolute atomic E-state index is 12.6. The molecule has 0 fully saturated rings. The van der Waals surface area contributed by atoms with Crippen molar-refractivity contribution < 1.29 is 4.79 Å². The molecule has 2 aromatic rings. The minimum absolute atomic E-state index is 0.0651. The molecule has 0 bridgehead atoms. The van der Waals surface area contributed by atoms with Crippen LogP contribution in [0, 0.1) is 3.57 Å². The Labute approximate surface area is 138 Å². The number of ketones is 1. The molecule has 100 valence electrons. The van der Waals surface area contributed by atoms with Gasteiger partial charge in [0.15, 0.2) is 0 Å². The first-order valence-corrected chi connectivity index (χ1v) is 8.00. The van der Waals surface area contributed by atoms with Gasteiger partial charge < -0.3 is 0 Å². The first-order valence-electron chi connectivity index (χ1n) is 5.75. The van der Waals surface area contributed by atoms with Crippen molar-refractivity contribution >= 4 is 55.9 Å². The SMILES string of the molecule is CCCn1ncc(Br)c1C(=O)c1cc(Cl)ccc1I. The Kier molecular flexibility index (Phi) is 5.03. The number of rotatable bonds is 4. The molecule has 0 unspecified atom stereocenters. The van der Waals surface area contributed by atoms with E-state index in [1.807, 2.05) is 13.0 Å². The summed E-state index contributed by atoms with van der Waals surface area (Å²) >= 11 is 11.5. The monoisotopic (exact) mass is 452 g/mol. The third-order valence-corrected chi connectivity index (χ3v) is 4.37. The van der Waals surface area contributed by atoms with E-state index >= 15 is 0 Å². The van der Waals surface area contributed by atoms with E-state index in [-0.39, 0.29) is 5.78 Å². The van der Waals surface area contributed by atoms with Crippen molar-refractivity contribution in [1.82, 2.24) is 9.78 Å². The lowest BCUT2D eigenvalue weighted by Crippen LogP contribution is -2.13. The van der Waals surface area contributed by atoms with Gasteiger partial charge in [0, 0.05) is 20.7 Å². The molecule has 3 nitrogen and oxygen atoms in total. The maximum atomic E-state index is 12.6. The minimum atomic E-state index is -0.0651. The third kappa shape index (κ3) is 3.20. The van der Waals surface area contributed by atoms with E-state index in [4.69, 9.17) is 11.6 Å². The predicted octanol–water partition coefficient (Wildman–Crippen LogP) is 4.54. The van der Waals surface area contributed by atoms with Crippen LogP contribution in [0.4, 0.5) is 0 Å². The summed E-state index contributed by atoms with van der Waals surface area (Å²) in [5.74, 6) is -0.0651. The Bertz CT molecular complexity index is 627. The van der Waals surface area contributed by atoms with Crippen molar-refractivity contribution in [2.24, 2.45) is 0 Å². The van der Waals surface area contributed by atoms with Crippen LogP contribution in [0.5, 0.6) is 0 Å². The van der Waals surface area contributed by atoms with Crippen molar-refractivity contribution in [3.05, 3.63) is 48.7 Å². The van der Waals surface area contributed by atoms with Gasteiger partial charge >= 0.3 is 0 Å². The predicted molar refractivity (Wildman–Crippen MR) is 87.8 cm³/mol. The van der Waals surface area contributed by atoms with Gasteiger partial charge in [0.25, 0.3) is 0 Å². The Morgan fingerprint density at radius 2 is 2.26 bits per heavy atom. The van der Waals surface area contributed by atoms with Crippen molar-refractivity contribution in [1.29, 1.82) is 0 Å². The highest BCUT2D eigenvalue weighted by atomic mass is 127. The zero-order valence-corrected chi connectivity index (χ0v) is 14.7. The molecule has 0 N–H and O–H groups in total. The lowest BCUT2D eigenvalue weighted by atomic mass is 10.1. The van der Waals surface area contributed by atoms with Crippen molar-refractivity contribution in [3.63, 3.8) is 0 Å². The molecule has 0 aliphatic rings. The lowest BCUT2D eigenvalue weighted by Gasteiger charge is -2.08. The zero-order chi connectivity index (χ0) is 14.0. The number of nitrogens with zero attached hydrogens (tertiary/aromatic N) is 2. The molecule has 0 spiro atoms. The van der Waals surface area contributed by atoms with E-state index < -0.39 is 0 Å². The second-order valence-corrected chi connectivity index (χ2v) is 6.47. The molecule has 2 rings (SSSR count). The van der Waals surface area contributed by atoms with Gasteiger partial charge in [0.05, 0.1) is 10.7 Å². The summed E-state index contributed by atoms with van der Waals surface area (Å²) in [5.41, 5.74) is 1.17. The van der Waals surface area contributed by atoms with Crippen LogP contribution in [-0.4, -0.2) is 15.6 Å². The summed E-state index contributed by atoms with van der Waals surface area (Å²) < 4.78 is 3.31. The van der Waals surface area contributed by atoms with Crippen LogP contribution >= 0.6 is 50.1 Å². The number of carbonyl (C=O) groups is 1. The van der Waals surface area contributed by atoms with Gasteiger partial charge in [-0.25, -0.2) is 0 Å². The van der Waals surface area contributed by atoms with Crippen molar-refractivity contribution in [3.8, 4) is 0 Å². The number of carbonyl (C=O) groups excluding carboxylic acids is 1. The third-order valence-electron chi connectivity index (χ3n) is 2.62. The fourth-order valence-corrected chi connectivity index (χ4v) is 3.00. The second kappa shape index (κ2) is 6.37. The molecule has 0 atom stereocenters. The number of aryl methyl sites for hydroxylation is 1. The Morgan fingerprint density at radius 1 is 1.53 bits per heavy atom. The molecular formula is C13H11BrClIN2O. The zero-order valence-electron chi connectivity index (χ0n) is 10.2. The van der Waals surface area contributed by atoms with Crippen LogP contribution in [0.2, 0.25) is 5.02 Å². The molecule has 19 heavy (non-hydrogen) atoms. The van der Waals surface area contributed by atoms with Gasteiger partial charge in [0.2, 0.25) is 5.78 Å². The van der Waals surface area contributed by atoms with Gasteiger partial charge in [-0.2, -0.15) is 5.10 Å². The van der Waals surface area contributed by atoms with E-state index in [1.54, 1.807) is 23.0 Å². The fourth-order valence-electron chi connectivity index (χ4n) is 1.77. The molecule has 6 heteroatoms. The highest BCUT2D eigenvalue weighted by Gasteiger charge is 2.20. The van der Waals surface area contributed by atoms with Crippen LogP contribution in [0.15, 0.2) is 28.9 Å². The number of halogens is 3. The van der Waals surface area contributed by atoms with Crippen molar-refractivity contribution in [2.75, 3.05) is 0 Å². The minimum Gasteiger partial charge on any atom is -0.287 e. The summed E-state index contributed by atoms with van der Waals surface area (Å²) in [4.78, 5) is 12.6. The summed E-state index contributed by atoms with van der Waals surface area (Å²) in [5, 5.41) is 4.77. The van der Waals surface area contributed by atoms with Crippen LogP contribution in [0.25, 0.3) is 0 Å². The van der Waals surface area contributed by atoms with Gasteiger partial charge in [-0.15, -0.1) is 0 Å². The first-order chi connectivity index (χ1) is 9.04. The van der Waals surface area contributed by atoms with E-state index in [0.29, 0.717) is 27.3 Å². The number of aromatic nitrogens is 2. The fraction of sp³-hybridized carbons (Fsp3) is 0.231. The second-order valence-electron chi connectivity index (χ2n) is 4.02. The molecule has 1 aromatic carbocycles. The molecule has 0 aliphatic heterocycles.